The van der Waals surface area contributed by atoms with Gasteiger partial charge in [0.25, 0.3) is 11.6 Å². The average Bonchev–Trinajstić information content (AvgIpc) is 2.71. The van der Waals surface area contributed by atoms with Gasteiger partial charge in [0.15, 0.2) is 6.61 Å². The molecule has 3 rings (SSSR count). The lowest BCUT2D eigenvalue weighted by Gasteiger charge is -2.30. The number of rotatable bonds is 7. The summed E-state index contributed by atoms with van der Waals surface area (Å²) in [5.41, 5.74) is 0.953. The van der Waals surface area contributed by atoms with Gasteiger partial charge in [-0.25, -0.2) is 0 Å². The third-order valence-electron chi connectivity index (χ3n) is 4.47. The molecule has 9 nitrogen and oxygen atoms in total. The Bertz CT molecular complexity index is 928. The van der Waals surface area contributed by atoms with Gasteiger partial charge in [-0.1, -0.05) is 12.1 Å². The van der Waals surface area contributed by atoms with Gasteiger partial charge in [-0.15, -0.1) is 0 Å². The van der Waals surface area contributed by atoms with E-state index in [1.165, 1.54) is 28.0 Å². The van der Waals surface area contributed by atoms with Crippen LogP contribution in [0.2, 0.25) is 0 Å². The Morgan fingerprint density at radius 1 is 1.28 bits per heavy atom. The van der Waals surface area contributed by atoms with Crippen molar-refractivity contribution in [1.29, 1.82) is 0 Å². The number of likely N-dealkylation sites (N-methyl/N-ethyl adjacent to an activating group) is 1. The standard InChI is InChI=1S/C20H21N3O6/c1-3-28-16-7-4-14(5-8-16)11-21(2)19(24)12-22-17-10-15(23(26)27)6-9-18(17)29-13-20(22)25/h4-10H,3,11-13H2,1-2H3. The van der Waals surface area contributed by atoms with E-state index < -0.39 is 10.8 Å². The van der Waals surface area contributed by atoms with Crippen molar-refractivity contribution in [3.8, 4) is 11.5 Å². The van der Waals surface area contributed by atoms with Crippen LogP contribution in [-0.2, 0) is 16.1 Å². The van der Waals surface area contributed by atoms with Gasteiger partial charge < -0.3 is 14.4 Å². The van der Waals surface area contributed by atoms with Crippen LogP contribution in [0.4, 0.5) is 11.4 Å². The molecule has 0 aromatic heterocycles. The first-order valence-corrected chi connectivity index (χ1v) is 9.06. The number of ether oxygens (including phenoxy) is 2. The van der Waals surface area contributed by atoms with E-state index in [1.807, 2.05) is 31.2 Å². The maximum Gasteiger partial charge on any atom is 0.271 e. The van der Waals surface area contributed by atoms with Crippen LogP contribution in [-0.4, -0.2) is 48.4 Å². The Balaban J connectivity index is 1.72. The van der Waals surface area contributed by atoms with Crippen molar-refractivity contribution >= 4 is 23.2 Å². The number of hydrogen-bond acceptors (Lipinski definition) is 6. The van der Waals surface area contributed by atoms with Crippen LogP contribution in [0.5, 0.6) is 11.5 Å². The molecule has 1 aliphatic rings. The van der Waals surface area contributed by atoms with Gasteiger partial charge >= 0.3 is 0 Å². The van der Waals surface area contributed by atoms with Crippen LogP contribution in [0.3, 0.4) is 0 Å². The molecular weight excluding hydrogens is 378 g/mol. The predicted octanol–water partition coefficient (Wildman–Crippen LogP) is 2.38. The topological polar surface area (TPSA) is 102 Å². The highest BCUT2D eigenvalue weighted by molar-refractivity contribution is 6.02. The van der Waals surface area contributed by atoms with E-state index in [2.05, 4.69) is 0 Å². The molecule has 0 radical (unpaired) electrons. The average molecular weight is 399 g/mol. The number of carbonyl (C=O) groups excluding carboxylic acids is 2. The number of nitrogens with zero attached hydrogens (tertiary/aromatic N) is 3. The van der Waals surface area contributed by atoms with Gasteiger partial charge in [0.1, 0.15) is 18.0 Å². The van der Waals surface area contributed by atoms with Crippen LogP contribution >= 0.6 is 0 Å². The number of non-ortho nitro benzene ring substituents is 1. The molecule has 0 aliphatic carbocycles. The summed E-state index contributed by atoms with van der Waals surface area (Å²) in [6.07, 6.45) is 0. The fourth-order valence-corrected chi connectivity index (χ4v) is 2.95. The van der Waals surface area contributed by atoms with Gasteiger partial charge in [-0.2, -0.15) is 0 Å². The number of hydrogen-bond donors (Lipinski definition) is 0. The lowest BCUT2D eigenvalue weighted by Crippen LogP contribution is -2.45. The Hall–Kier alpha value is -3.62. The number of benzene rings is 2. The van der Waals surface area contributed by atoms with Gasteiger partial charge in [0, 0.05) is 25.7 Å². The Morgan fingerprint density at radius 3 is 2.66 bits per heavy atom. The van der Waals surface area contributed by atoms with E-state index in [-0.39, 0.29) is 30.4 Å². The molecule has 9 heteroatoms. The number of nitro groups is 1. The molecule has 2 aromatic rings. The number of amides is 2. The van der Waals surface area contributed by atoms with Gasteiger partial charge in [0.2, 0.25) is 5.91 Å². The highest BCUT2D eigenvalue weighted by atomic mass is 16.6. The number of carbonyl (C=O) groups is 2. The number of nitro benzene ring substituents is 1. The molecule has 2 amide bonds. The molecule has 0 bridgehead atoms. The quantitative estimate of drug-likeness (QED) is 0.523. The van der Waals surface area contributed by atoms with E-state index in [9.17, 15) is 19.7 Å². The summed E-state index contributed by atoms with van der Waals surface area (Å²) in [7, 11) is 1.64. The third-order valence-corrected chi connectivity index (χ3v) is 4.47. The summed E-state index contributed by atoms with van der Waals surface area (Å²) >= 11 is 0. The monoisotopic (exact) mass is 399 g/mol. The van der Waals surface area contributed by atoms with Crippen molar-refractivity contribution < 1.29 is 24.0 Å². The molecule has 0 unspecified atom stereocenters. The molecule has 0 spiro atoms. The molecule has 29 heavy (non-hydrogen) atoms. The number of fused-ring (bicyclic) bond motifs is 1. The van der Waals surface area contributed by atoms with E-state index in [4.69, 9.17) is 9.47 Å². The minimum Gasteiger partial charge on any atom is -0.494 e. The first-order chi connectivity index (χ1) is 13.9. The zero-order valence-electron chi connectivity index (χ0n) is 16.2. The Labute approximate surface area is 167 Å². The van der Waals surface area contributed by atoms with Crippen molar-refractivity contribution in [2.45, 2.75) is 13.5 Å². The molecule has 1 heterocycles. The maximum absolute atomic E-state index is 12.7. The maximum atomic E-state index is 12.7. The third kappa shape index (κ3) is 4.63. The van der Waals surface area contributed by atoms with Crippen LogP contribution < -0.4 is 14.4 Å². The molecule has 0 saturated carbocycles. The minimum atomic E-state index is -0.558. The molecule has 0 fully saturated rings. The van der Waals surface area contributed by atoms with Crippen LogP contribution in [0.25, 0.3) is 0 Å². The van der Waals surface area contributed by atoms with Gasteiger partial charge in [-0.05, 0) is 30.7 Å². The molecule has 0 atom stereocenters. The van der Waals surface area contributed by atoms with Crippen molar-refractivity contribution in [3.05, 3.63) is 58.1 Å². The van der Waals surface area contributed by atoms with Gasteiger partial charge in [-0.3, -0.25) is 24.6 Å². The predicted molar refractivity (Wildman–Crippen MR) is 105 cm³/mol. The largest absolute Gasteiger partial charge is 0.494 e. The lowest BCUT2D eigenvalue weighted by atomic mass is 10.2. The second kappa shape index (κ2) is 8.59. The Morgan fingerprint density at radius 2 is 2.00 bits per heavy atom. The van der Waals surface area contributed by atoms with E-state index in [0.29, 0.717) is 18.9 Å². The van der Waals surface area contributed by atoms with Crippen molar-refractivity contribution in [1.82, 2.24) is 4.90 Å². The first-order valence-electron chi connectivity index (χ1n) is 9.06. The SMILES string of the molecule is CCOc1ccc(CN(C)C(=O)CN2C(=O)COc3ccc([N+](=O)[O-])cc32)cc1. The first kappa shape index (κ1) is 20.1. The second-order valence-corrected chi connectivity index (χ2v) is 6.50. The van der Waals surface area contributed by atoms with E-state index >= 15 is 0 Å². The molecule has 152 valence electrons. The molecule has 0 N–H and O–H groups in total. The zero-order valence-corrected chi connectivity index (χ0v) is 16.2. The zero-order chi connectivity index (χ0) is 21.0. The molecule has 0 saturated heterocycles. The van der Waals surface area contributed by atoms with Crippen molar-refractivity contribution in [3.63, 3.8) is 0 Å². The van der Waals surface area contributed by atoms with Gasteiger partial charge in [0.05, 0.1) is 17.2 Å². The van der Waals surface area contributed by atoms with Crippen LogP contribution in [0, 0.1) is 10.1 Å². The molecule has 1 aliphatic heterocycles. The normalized spacial score (nSPS) is 12.8. The fraction of sp³-hybridized carbons (Fsp3) is 0.300. The highest BCUT2D eigenvalue weighted by Gasteiger charge is 2.30. The van der Waals surface area contributed by atoms with Crippen molar-refractivity contribution in [2.75, 3.05) is 31.7 Å². The summed E-state index contributed by atoms with van der Waals surface area (Å²) in [5, 5.41) is 11.1. The minimum absolute atomic E-state index is 0.178. The summed E-state index contributed by atoms with van der Waals surface area (Å²) in [6.45, 7) is 2.38. The van der Waals surface area contributed by atoms with E-state index in [0.717, 1.165) is 11.3 Å². The van der Waals surface area contributed by atoms with Crippen molar-refractivity contribution in [2.24, 2.45) is 0 Å². The lowest BCUT2D eigenvalue weighted by molar-refractivity contribution is -0.384. The summed E-state index contributed by atoms with van der Waals surface area (Å²) < 4.78 is 10.7. The Kier molecular flexibility index (Phi) is 5.96. The van der Waals surface area contributed by atoms with E-state index in [1.54, 1.807) is 7.05 Å². The summed E-state index contributed by atoms with van der Waals surface area (Å²) in [6, 6.07) is 11.4. The fourth-order valence-electron chi connectivity index (χ4n) is 2.95. The van der Waals surface area contributed by atoms with Crippen LogP contribution in [0.15, 0.2) is 42.5 Å². The van der Waals surface area contributed by atoms with Crippen LogP contribution in [0.1, 0.15) is 12.5 Å². The number of anilines is 1. The second-order valence-electron chi connectivity index (χ2n) is 6.50. The molecular formula is C20H21N3O6. The smallest absolute Gasteiger partial charge is 0.271 e. The summed E-state index contributed by atoms with van der Waals surface area (Å²) in [4.78, 5) is 38.2. The highest BCUT2D eigenvalue weighted by Crippen LogP contribution is 2.35. The molecule has 2 aromatic carbocycles. The summed E-state index contributed by atoms with van der Waals surface area (Å²) in [5.74, 6) is 0.354.